The highest BCUT2D eigenvalue weighted by molar-refractivity contribution is 5.93. The number of aromatic hydroxyl groups is 1. The van der Waals surface area contributed by atoms with Gasteiger partial charge in [-0.3, -0.25) is 9.59 Å². The molecule has 0 unspecified atom stereocenters. The maximum Gasteiger partial charge on any atom is 0.271 e. The lowest BCUT2D eigenvalue weighted by atomic mass is 10.1. The van der Waals surface area contributed by atoms with Crippen molar-refractivity contribution < 1.29 is 14.7 Å². The lowest BCUT2D eigenvalue weighted by Crippen LogP contribution is -2.17. The molecule has 7 nitrogen and oxygen atoms in total. The molecular weight excluding hydrogens is 308 g/mol. The van der Waals surface area contributed by atoms with Crippen LogP contribution in [0.4, 0.5) is 5.69 Å². The lowest BCUT2D eigenvalue weighted by molar-refractivity contribution is -0.116. The van der Waals surface area contributed by atoms with Gasteiger partial charge in [0.1, 0.15) is 0 Å². The Hall–Kier alpha value is -2.83. The first kappa shape index (κ1) is 17.5. The number of rotatable bonds is 8. The van der Waals surface area contributed by atoms with Gasteiger partial charge in [0.05, 0.1) is 6.33 Å². The largest absolute Gasteiger partial charge is 0.492 e. The summed E-state index contributed by atoms with van der Waals surface area (Å²) >= 11 is 0. The van der Waals surface area contributed by atoms with E-state index < -0.39 is 5.91 Å². The number of carbonyl (C=O) groups excluding carboxylic acids is 2. The fourth-order valence-corrected chi connectivity index (χ4v) is 2.39. The van der Waals surface area contributed by atoms with Crippen LogP contribution < -0.4 is 11.1 Å². The number of imidazole rings is 1. The van der Waals surface area contributed by atoms with Gasteiger partial charge in [0.2, 0.25) is 11.8 Å². The standard InChI is InChI=1S/C17H22N4O3/c1-2-3-4-5-14(22)20-13-8-6-12(7-9-13)10-21-11-19-17(24)15(21)16(18)23/h6-9,11,24H,2-5,10H2,1H3,(H2,18,23)(H,20,22). The highest BCUT2D eigenvalue weighted by atomic mass is 16.3. The summed E-state index contributed by atoms with van der Waals surface area (Å²) in [4.78, 5) is 26.8. The molecule has 0 aliphatic heterocycles. The van der Waals surface area contributed by atoms with Gasteiger partial charge in [-0.2, -0.15) is 0 Å². The second-order valence-corrected chi connectivity index (χ2v) is 5.61. The van der Waals surface area contributed by atoms with Crippen LogP contribution in [-0.2, 0) is 11.3 Å². The first-order chi connectivity index (χ1) is 11.5. The first-order valence-electron chi connectivity index (χ1n) is 7.94. The molecular formula is C17H22N4O3. The van der Waals surface area contributed by atoms with Crippen molar-refractivity contribution in [3.8, 4) is 5.88 Å². The summed E-state index contributed by atoms with van der Waals surface area (Å²) in [6.45, 7) is 2.44. The second kappa shape index (κ2) is 8.14. The van der Waals surface area contributed by atoms with Crippen LogP contribution in [0.1, 0.15) is 48.7 Å². The highest BCUT2D eigenvalue weighted by Crippen LogP contribution is 2.17. The molecule has 7 heteroatoms. The van der Waals surface area contributed by atoms with Crippen LogP contribution in [0, 0.1) is 0 Å². The molecule has 1 heterocycles. The maximum absolute atomic E-state index is 11.8. The summed E-state index contributed by atoms with van der Waals surface area (Å²) in [5.74, 6) is -1.11. The first-order valence-corrected chi connectivity index (χ1v) is 7.94. The fraction of sp³-hybridized carbons (Fsp3) is 0.353. The molecule has 0 fully saturated rings. The average Bonchev–Trinajstić information content (AvgIpc) is 2.90. The number of hydrogen-bond acceptors (Lipinski definition) is 4. The Balaban J connectivity index is 1.97. The Labute approximate surface area is 140 Å². The number of primary amides is 1. The van der Waals surface area contributed by atoms with Gasteiger partial charge < -0.3 is 20.7 Å². The lowest BCUT2D eigenvalue weighted by Gasteiger charge is -2.08. The summed E-state index contributed by atoms with van der Waals surface area (Å²) in [5.41, 5.74) is 6.82. The van der Waals surface area contributed by atoms with Crippen LogP contribution in [-0.4, -0.2) is 26.5 Å². The van der Waals surface area contributed by atoms with E-state index in [0.29, 0.717) is 13.0 Å². The molecule has 2 rings (SSSR count). The van der Waals surface area contributed by atoms with E-state index in [0.717, 1.165) is 30.5 Å². The maximum atomic E-state index is 11.8. The van der Waals surface area contributed by atoms with Gasteiger partial charge >= 0.3 is 0 Å². The molecule has 24 heavy (non-hydrogen) atoms. The topological polar surface area (TPSA) is 110 Å². The molecule has 2 amide bonds. The van der Waals surface area contributed by atoms with Gasteiger partial charge in [-0.05, 0) is 24.1 Å². The summed E-state index contributed by atoms with van der Waals surface area (Å²) in [6.07, 6.45) is 4.90. The number of unbranched alkanes of at least 4 members (excludes halogenated alkanes) is 2. The van der Waals surface area contributed by atoms with E-state index in [4.69, 9.17) is 5.73 Å². The van der Waals surface area contributed by atoms with E-state index in [1.807, 2.05) is 12.1 Å². The molecule has 2 aromatic rings. The molecule has 0 saturated carbocycles. The van der Waals surface area contributed by atoms with Crippen LogP contribution >= 0.6 is 0 Å². The third kappa shape index (κ3) is 4.58. The third-order valence-corrected chi connectivity index (χ3v) is 3.65. The Morgan fingerprint density at radius 3 is 2.58 bits per heavy atom. The Bertz CT molecular complexity index is 707. The van der Waals surface area contributed by atoms with Gasteiger partial charge in [-0.25, -0.2) is 4.98 Å². The predicted molar refractivity (Wildman–Crippen MR) is 90.7 cm³/mol. The van der Waals surface area contributed by atoms with Crippen LogP contribution in [0.25, 0.3) is 0 Å². The number of aromatic nitrogens is 2. The van der Waals surface area contributed by atoms with Crippen molar-refractivity contribution in [2.75, 3.05) is 5.32 Å². The van der Waals surface area contributed by atoms with Gasteiger partial charge in [0, 0.05) is 18.7 Å². The monoisotopic (exact) mass is 330 g/mol. The van der Waals surface area contributed by atoms with Crippen LogP contribution in [0.15, 0.2) is 30.6 Å². The van der Waals surface area contributed by atoms with Crippen molar-refractivity contribution >= 4 is 17.5 Å². The summed E-state index contributed by atoms with van der Waals surface area (Å²) in [6, 6.07) is 7.27. The molecule has 1 aromatic carbocycles. The minimum absolute atomic E-state index is 0.00625. The van der Waals surface area contributed by atoms with Gasteiger partial charge in [0.25, 0.3) is 5.91 Å². The van der Waals surface area contributed by atoms with Crippen LogP contribution in [0.2, 0.25) is 0 Å². The zero-order chi connectivity index (χ0) is 17.5. The van der Waals surface area contributed by atoms with Gasteiger partial charge in [-0.1, -0.05) is 31.9 Å². The van der Waals surface area contributed by atoms with Crippen molar-refractivity contribution in [1.29, 1.82) is 0 Å². The predicted octanol–water partition coefficient (Wildman–Crippen LogP) is 2.25. The zero-order valence-corrected chi connectivity index (χ0v) is 13.7. The number of benzene rings is 1. The van der Waals surface area contributed by atoms with Crippen molar-refractivity contribution in [3.63, 3.8) is 0 Å². The Morgan fingerprint density at radius 2 is 1.96 bits per heavy atom. The molecule has 0 aliphatic carbocycles. The van der Waals surface area contributed by atoms with E-state index in [2.05, 4.69) is 17.2 Å². The van der Waals surface area contributed by atoms with Crippen LogP contribution in [0.3, 0.4) is 0 Å². The number of hydrogen-bond donors (Lipinski definition) is 3. The van der Waals surface area contributed by atoms with Crippen molar-refractivity contribution in [1.82, 2.24) is 9.55 Å². The SMILES string of the molecule is CCCCCC(=O)Nc1ccc(Cn2cnc(O)c2C(N)=O)cc1. The third-order valence-electron chi connectivity index (χ3n) is 3.65. The highest BCUT2D eigenvalue weighted by Gasteiger charge is 2.15. The average molecular weight is 330 g/mol. The van der Waals surface area contributed by atoms with E-state index in [9.17, 15) is 14.7 Å². The molecule has 4 N–H and O–H groups in total. The van der Waals surface area contributed by atoms with E-state index >= 15 is 0 Å². The van der Waals surface area contributed by atoms with E-state index in [1.54, 1.807) is 12.1 Å². The van der Waals surface area contributed by atoms with Crippen molar-refractivity contribution in [3.05, 3.63) is 41.9 Å². The zero-order valence-electron chi connectivity index (χ0n) is 13.7. The molecule has 0 spiro atoms. The summed E-state index contributed by atoms with van der Waals surface area (Å²) in [5, 5.41) is 12.4. The molecule has 0 aliphatic rings. The molecule has 0 radical (unpaired) electrons. The van der Waals surface area contributed by atoms with Crippen LogP contribution in [0.5, 0.6) is 5.88 Å². The number of anilines is 1. The van der Waals surface area contributed by atoms with Crippen molar-refractivity contribution in [2.45, 2.75) is 39.2 Å². The molecule has 0 atom stereocenters. The fourth-order valence-electron chi connectivity index (χ4n) is 2.39. The number of nitrogens with zero attached hydrogens (tertiary/aromatic N) is 2. The molecule has 0 saturated heterocycles. The second-order valence-electron chi connectivity index (χ2n) is 5.61. The molecule has 128 valence electrons. The minimum atomic E-state index is -0.735. The Kier molecular flexibility index (Phi) is 5.95. The molecule has 1 aromatic heterocycles. The number of nitrogens with two attached hydrogens (primary N) is 1. The number of carbonyl (C=O) groups is 2. The smallest absolute Gasteiger partial charge is 0.271 e. The molecule has 0 bridgehead atoms. The van der Waals surface area contributed by atoms with Gasteiger partial charge in [-0.15, -0.1) is 0 Å². The number of nitrogens with one attached hydrogen (secondary N) is 1. The van der Waals surface area contributed by atoms with Crippen molar-refractivity contribution in [2.24, 2.45) is 5.73 Å². The summed E-state index contributed by atoms with van der Waals surface area (Å²) in [7, 11) is 0. The number of amides is 2. The van der Waals surface area contributed by atoms with E-state index in [1.165, 1.54) is 10.9 Å². The normalized spacial score (nSPS) is 10.5. The Morgan fingerprint density at radius 1 is 1.25 bits per heavy atom. The minimum Gasteiger partial charge on any atom is -0.492 e. The summed E-state index contributed by atoms with van der Waals surface area (Å²) < 4.78 is 1.48. The van der Waals surface area contributed by atoms with E-state index in [-0.39, 0.29) is 17.5 Å². The quantitative estimate of drug-likeness (QED) is 0.645. The van der Waals surface area contributed by atoms with Gasteiger partial charge in [0.15, 0.2) is 5.69 Å².